The van der Waals surface area contributed by atoms with Crippen LogP contribution in [0.4, 0.5) is 5.82 Å². The predicted octanol–water partition coefficient (Wildman–Crippen LogP) is 1.80. The molecule has 0 aliphatic rings. The van der Waals surface area contributed by atoms with Crippen LogP contribution in [0.3, 0.4) is 0 Å². The molecule has 2 aromatic heterocycles. The van der Waals surface area contributed by atoms with Crippen molar-refractivity contribution in [3.8, 4) is 0 Å². The van der Waals surface area contributed by atoms with E-state index in [4.69, 9.17) is 11.6 Å². The van der Waals surface area contributed by atoms with Gasteiger partial charge in [-0.15, -0.1) is 5.10 Å². The van der Waals surface area contributed by atoms with E-state index in [1.54, 1.807) is 0 Å². The molecule has 1 amide bonds. The van der Waals surface area contributed by atoms with Gasteiger partial charge in [-0.2, -0.15) is 0 Å². The first-order chi connectivity index (χ1) is 8.20. The standard InChI is InChI=1S/C9H8ClN5OS/c1-2-5-8(17-15-14-5)9(16)13-7-3-6(10)11-4-12-7/h3-4H,2H2,1H3,(H,11,12,13,16). The Hall–Kier alpha value is -1.60. The monoisotopic (exact) mass is 269 g/mol. The Balaban J connectivity index is 2.17. The van der Waals surface area contributed by atoms with Crippen LogP contribution in [0.25, 0.3) is 0 Å². The lowest BCUT2D eigenvalue weighted by Gasteiger charge is -2.02. The zero-order valence-electron chi connectivity index (χ0n) is 8.85. The van der Waals surface area contributed by atoms with E-state index in [2.05, 4.69) is 24.9 Å². The molecule has 0 fully saturated rings. The molecule has 0 aliphatic heterocycles. The molecule has 0 atom stereocenters. The number of rotatable bonds is 3. The van der Waals surface area contributed by atoms with Gasteiger partial charge in [0, 0.05) is 6.07 Å². The number of nitrogens with zero attached hydrogens (tertiary/aromatic N) is 4. The van der Waals surface area contributed by atoms with E-state index in [9.17, 15) is 4.79 Å². The van der Waals surface area contributed by atoms with E-state index in [-0.39, 0.29) is 11.1 Å². The minimum atomic E-state index is -0.286. The van der Waals surface area contributed by atoms with Gasteiger partial charge in [0.2, 0.25) is 0 Å². The van der Waals surface area contributed by atoms with Crippen LogP contribution in [0.5, 0.6) is 0 Å². The summed E-state index contributed by atoms with van der Waals surface area (Å²) < 4.78 is 3.75. The van der Waals surface area contributed by atoms with E-state index in [1.165, 1.54) is 12.4 Å². The first-order valence-corrected chi connectivity index (χ1v) is 5.96. The Morgan fingerprint density at radius 1 is 1.53 bits per heavy atom. The van der Waals surface area contributed by atoms with Gasteiger partial charge < -0.3 is 5.32 Å². The normalized spacial score (nSPS) is 10.2. The SMILES string of the molecule is CCc1nnsc1C(=O)Nc1cc(Cl)ncn1. The van der Waals surface area contributed by atoms with Crippen LogP contribution in [0, 0.1) is 0 Å². The lowest BCUT2D eigenvalue weighted by Crippen LogP contribution is -2.13. The summed E-state index contributed by atoms with van der Waals surface area (Å²) >= 11 is 6.74. The van der Waals surface area contributed by atoms with Crippen molar-refractivity contribution in [2.75, 3.05) is 5.32 Å². The topological polar surface area (TPSA) is 80.7 Å². The smallest absolute Gasteiger partial charge is 0.270 e. The average Bonchev–Trinajstić information content (AvgIpc) is 2.77. The third-order valence-electron chi connectivity index (χ3n) is 1.97. The number of carbonyl (C=O) groups excluding carboxylic acids is 1. The molecular formula is C9H8ClN5OS. The molecule has 2 heterocycles. The van der Waals surface area contributed by atoms with Crippen LogP contribution in [0.1, 0.15) is 22.3 Å². The molecule has 8 heteroatoms. The van der Waals surface area contributed by atoms with Crippen molar-refractivity contribution in [1.82, 2.24) is 19.6 Å². The molecule has 2 rings (SSSR count). The zero-order chi connectivity index (χ0) is 12.3. The number of carbonyl (C=O) groups is 1. The average molecular weight is 270 g/mol. The van der Waals surface area contributed by atoms with Crippen molar-refractivity contribution in [3.05, 3.63) is 28.1 Å². The molecule has 0 aromatic carbocycles. The Morgan fingerprint density at radius 3 is 3.06 bits per heavy atom. The second-order valence-corrected chi connectivity index (χ2v) is 4.22. The van der Waals surface area contributed by atoms with Crippen LogP contribution in [0.15, 0.2) is 12.4 Å². The summed E-state index contributed by atoms with van der Waals surface area (Å²) in [6, 6.07) is 1.47. The molecule has 0 spiro atoms. The number of hydrogen-bond acceptors (Lipinski definition) is 6. The van der Waals surface area contributed by atoms with Crippen molar-refractivity contribution >= 4 is 34.9 Å². The van der Waals surface area contributed by atoms with Crippen LogP contribution >= 0.6 is 23.1 Å². The highest BCUT2D eigenvalue weighted by Gasteiger charge is 2.15. The fourth-order valence-electron chi connectivity index (χ4n) is 1.19. The molecule has 0 saturated heterocycles. The number of amides is 1. The number of nitrogens with one attached hydrogen (secondary N) is 1. The van der Waals surface area contributed by atoms with Gasteiger partial charge in [-0.3, -0.25) is 4.79 Å². The molecule has 0 saturated carbocycles. The Bertz CT molecular complexity index is 544. The maximum atomic E-state index is 11.9. The Morgan fingerprint density at radius 2 is 2.35 bits per heavy atom. The van der Waals surface area contributed by atoms with Crippen molar-refractivity contribution in [2.24, 2.45) is 0 Å². The molecule has 0 aliphatic carbocycles. The fraction of sp³-hybridized carbons (Fsp3) is 0.222. The number of halogens is 1. The molecule has 1 N–H and O–H groups in total. The Labute approximate surface area is 106 Å². The molecule has 17 heavy (non-hydrogen) atoms. The minimum absolute atomic E-state index is 0.272. The molecule has 0 bridgehead atoms. The molecule has 6 nitrogen and oxygen atoms in total. The van der Waals surface area contributed by atoms with Gasteiger partial charge >= 0.3 is 0 Å². The number of hydrogen-bond donors (Lipinski definition) is 1. The molecule has 88 valence electrons. The van der Waals surface area contributed by atoms with Crippen molar-refractivity contribution in [1.29, 1.82) is 0 Å². The van der Waals surface area contributed by atoms with Gasteiger partial charge in [0.15, 0.2) is 0 Å². The van der Waals surface area contributed by atoms with E-state index in [1.807, 2.05) is 6.92 Å². The van der Waals surface area contributed by atoms with Gasteiger partial charge in [0.05, 0.1) is 5.69 Å². The minimum Gasteiger partial charge on any atom is -0.306 e. The second kappa shape index (κ2) is 5.15. The van der Waals surface area contributed by atoms with Gasteiger partial charge in [0.1, 0.15) is 22.2 Å². The lowest BCUT2D eigenvalue weighted by atomic mass is 10.3. The van der Waals surface area contributed by atoms with Crippen molar-refractivity contribution in [2.45, 2.75) is 13.3 Å². The third-order valence-corrected chi connectivity index (χ3v) is 2.95. The summed E-state index contributed by atoms with van der Waals surface area (Å²) in [5.41, 5.74) is 0.674. The first kappa shape index (κ1) is 11.9. The predicted molar refractivity (Wildman–Crippen MR) is 64.3 cm³/mol. The van der Waals surface area contributed by atoms with Gasteiger partial charge in [-0.1, -0.05) is 23.0 Å². The summed E-state index contributed by atoms with van der Waals surface area (Å²) in [7, 11) is 0. The number of anilines is 1. The summed E-state index contributed by atoms with van der Waals surface area (Å²) in [6.07, 6.45) is 1.94. The van der Waals surface area contributed by atoms with Crippen molar-refractivity contribution in [3.63, 3.8) is 0 Å². The molecule has 2 aromatic rings. The molecule has 0 unspecified atom stereocenters. The fourth-order valence-corrected chi connectivity index (χ4v) is 1.98. The lowest BCUT2D eigenvalue weighted by molar-refractivity contribution is 0.102. The highest BCUT2D eigenvalue weighted by molar-refractivity contribution is 7.08. The maximum absolute atomic E-state index is 11.9. The number of aryl methyl sites for hydroxylation is 1. The molecular weight excluding hydrogens is 262 g/mol. The van der Waals surface area contributed by atoms with Gasteiger partial charge in [-0.05, 0) is 18.0 Å². The van der Waals surface area contributed by atoms with Crippen LogP contribution < -0.4 is 5.32 Å². The van der Waals surface area contributed by atoms with E-state index in [0.717, 1.165) is 11.5 Å². The first-order valence-electron chi connectivity index (χ1n) is 4.81. The second-order valence-electron chi connectivity index (χ2n) is 3.08. The zero-order valence-corrected chi connectivity index (χ0v) is 10.4. The van der Waals surface area contributed by atoms with E-state index >= 15 is 0 Å². The van der Waals surface area contributed by atoms with Gasteiger partial charge in [0.25, 0.3) is 5.91 Å². The molecule has 0 radical (unpaired) electrons. The van der Waals surface area contributed by atoms with E-state index in [0.29, 0.717) is 22.8 Å². The number of aromatic nitrogens is 4. The largest absolute Gasteiger partial charge is 0.306 e. The summed E-state index contributed by atoms with van der Waals surface area (Å²) in [5, 5.41) is 6.75. The quantitative estimate of drug-likeness (QED) is 0.860. The third kappa shape index (κ3) is 2.75. The summed E-state index contributed by atoms with van der Waals surface area (Å²) in [4.78, 5) is 20.0. The highest BCUT2D eigenvalue weighted by Crippen LogP contribution is 2.14. The van der Waals surface area contributed by atoms with Crippen LogP contribution in [-0.4, -0.2) is 25.5 Å². The van der Waals surface area contributed by atoms with Crippen molar-refractivity contribution < 1.29 is 4.79 Å². The summed E-state index contributed by atoms with van der Waals surface area (Å²) in [6.45, 7) is 1.91. The van der Waals surface area contributed by atoms with Gasteiger partial charge in [-0.25, -0.2) is 9.97 Å². The van der Waals surface area contributed by atoms with Crippen LogP contribution in [0.2, 0.25) is 5.15 Å². The summed E-state index contributed by atoms with van der Waals surface area (Å²) in [5.74, 6) is 0.0667. The van der Waals surface area contributed by atoms with E-state index < -0.39 is 0 Å². The maximum Gasteiger partial charge on any atom is 0.270 e. The van der Waals surface area contributed by atoms with Crippen LogP contribution in [-0.2, 0) is 6.42 Å². The Kier molecular flexibility index (Phi) is 3.60. The highest BCUT2D eigenvalue weighted by atomic mass is 35.5.